The molecule has 0 radical (unpaired) electrons. The van der Waals surface area contributed by atoms with Gasteiger partial charge in [0.15, 0.2) is 9.84 Å². The average Bonchev–Trinajstić information content (AvgIpc) is 2.48. The number of carboxylic acids is 1. The van der Waals surface area contributed by atoms with E-state index in [2.05, 4.69) is 10.6 Å². The van der Waals surface area contributed by atoms with Crippen molar-refractivity contribution in [3.05, 3.63) is 29.3 Å². The predicted octanol–water partition coefficient (Wildman–Crippen LogP) is 1.67. The lowest BCUT2D eigenvalue weighted by Crippen LogP contribution is -2.37. The van der Waals surface area contributed by atoms with Gasteiger partial charge in [0, 0.05) is 24.5 Å². The summed E-state index contributed by atoms with van der Waals surface area (Å²) in [7, 11) is -3.40. The molecule has 2 amide bonds. The zero-order valence-corrected chi connectivity index (χ0v) is 14.0. The van der Waals surface area contributed by atoms with Gasteiger partial charge in [-0.3, -0.25) is 4.79 Å². The Morgan fingerprint density at radius 2 is 1.61 bits per heavy atom. The average molecular weight is 363 g/mol. The van der Waals surface area contributed by atoms with Crippen LogP contribution in [0.15, 0.2) is 29.2 Å². The number of carbonyl (C=O) groups excluding carboxylic acids is 1. The van der Waals surface area contributed by atoms with Crippen LogP contribution in [0, 0.1) is 0 Å². The number of carbonyl (C=O) groups is 2. The minimum atomic E-state index is -3.40. The van der Waals surface area contributed by atoms with Crippen molar-refractivity contribution in [3.8, 4) is 0 Å². The first-order chi connectivity index (χ1) is 10.8. The van der Waals surface area contributed by atoms with Gasteiger partial charge in [-0.05, 0) is 37.1 Å². The lowest BCUT2D eigenvalue weighted by atomic mass is 10.3. The van der Waals surface area contributed by atoms with Gasteiger partial charge in [0.05, 0.1) is 10.6 Å². The Bertz CT molecular complexity index is 631. The smallest absolute Gasteiger partial charge is 0.314 e. The molecule has 0 saturated carbocycles. The van der Waals surface area contributed by atoms with Crippen LogP contribution in [0.25, 0.3) is 0 Å². The van der Waals surface area contributed by atoms with E-state index in [1.807, 2.05) is 0 Å². The molecule has 0 aliphatic carbocycles. The van der Waals surface area contributed by atoms with Gasteiger partial charge in [-0.25, -0.2) is 13.2 Å². The molecule has 0 aliphatic rings. The number of amides is 2. The molecule has 1 aromatic rings. The predicted molar refractivity (Wildman–Crippen MR) is 86.4 cm³/mol. The molecule has 0 aliphatic heterocycles. The fourth-order valence-corrected chi connectivity index (χ4v) is 3.16. The molecule has 7 nitrogen and oxygen atoms in total. The van der Waals surface area contributed by atoms with Gasteiger partial charge in [0.25, 0.3) is 0 Å². The Hall–Kier alpha value is -1.80. The second kappa shape index (κ2) is 9.36. The van der Waals surface area contributed by atoms with E-state index in [9.17, 15) is 18.0 Å². The molecule has 0 atom stereocenters. The van der Waals surface area contributed by atoms with Crippen LogP contribution in [0.3, 0.4) is 0 Å². The third-order valence-corrected chi connectivity index (χ3v) is 4.97. The Morgan fingerprint density at radius 3 is 2.17 bits per heavy atom. The first kappa shape index (κ1) is 19.2. The summed E-state index contributed by atoms with van der Waals surface area (Å²) in [6.45, 7) is 0.457. The zero-order valence-electron chi connectivity index (χ0n) is 12.4. The Morgan fingerprint density at radius 1 is 1.04 bits per heavy atom. The molecular weight excluding hydrogens is 344 g/mol. The summed E-state index contributed by atoms with van der Waals surface area (Å²) in [5.74, 6) is -1.01. The number of aliphatic carboxylic acids is 1. The molecule has 1 rings (SSSR count). The largest absolute Gasteiger partial charge is 0.481 e. The fourth-order valence-electron chi connectivity index (χ4n) is 1.73. The van der Waals surface area contributed by atoms with Gasteiger partial charge < -0.3 is 15.7 Å². The van der Waals surface area contributed by atoms with Gasteiger partial charge in [-0.1, -0.05) is 11.6 Å². The lowest BCUT2D eigenvalue weighted by molar-refractivity contribution is -0.137. The van der Waals surface area contributed by atoms with Crippen molar-refractivity contribution in [2.75, 3.05) is 18.8 Å². The molecule has 0 aromatic heterocycles. The highest BCUT2D eigenvalue weighted by Gasteiger charge is 2.13. The van der Waals surface area contributed by atoms with Gasteiger partial charge in [-0.2, -0.15) is 0 Å². The third kappa shape index (κ3) is 7.85. The second-order valence-corrected chi connectivity index (χ2v) is 7.35. The van der Waals surface area contributed by atoms with E-state index in [4.69, 9.17) is 16.7 Å². The van der Waals surface area contributed by atoms with Crippen LogP contribution in [0.5, 0.6) is 0 Å². The van der Waals surface area contributed by atoms with Gasteiger partial charge in [0.1, 0.15) is 0 Å². The number of urea groups is 1. The van der Waals surface area contributed by atoms with Crippen LogP contribution in [-0.2, 0) is 14.6 Å². The first-order valence-electron chi connectivity index (χ1n) is 7.03. The molecule has 0 bridgehead atoms. The number of sulfone groups is 1. The maximum absolute atomic E-state index is 12.0. The molecule has 23 heavy (non-hydrogen) atoms. The Labute approximate surface area is 139 Å². The normalized spacial score (nSPS) is 11.0. The molecule has 128 valence electrons. The van der Waals surface area contributed by atoms with Crippen LogP contribution >= 0.6 is 11.6 Å². The quantitative estimate of drug-likeness (QED) is 0.578. The minimum Gasteiger partial charge on any atom is -0.481 e. The van der Waals surface area contributed by atoms with E-state index in [0.717, 1.165) is 0 Å². The zero-order chi connectivity index (χ0) is 17.3. The summed E-state index contributed by atoms with van der Waals surface area (Å²) in [6.07, 6.45) is 0.598. The van der Waals surface area contributed by atoms with E-state index >= 15 is 0 Å². The van der Waals surface area contributed by atoms with Gasteiger partial charge in [0.2, 0.25) is 0 Å². The van der Waals surface area contributed by atoms with Crippen LogP contribution < -0.4 is 10.6 Å². The van der Waals surface area contributed by atoms with Crippen molar-refractivity contribution < 1.29 is 23.1 Å². The molecule has 0 spiro atoms. The topological polar surface area (TPSA) is 113 Å². The molecule has 0 saturated heterocycles. The van der Waals surface area contributed by atoms with E-state index in [-0.39, 0.29) is 36.6 Å². The fraction of sp³-hybridized carbons (Fsp3) is 0.429. The maximum Gasteiger partial charge on any atom is 0.314 e. The summed E-state index contributed by atoms with van der Waals surface area (Å²) >= 11 is 5.71. The highest BCUT2D eigenvalue weighted by atomic mass is 35.5. The van der Waals surface area contributed by atoms with Crippen molar-refractivity contribution in [1.82, 2.24) is 10.6 Å². The monoisotopic (exact) mass is 362 g/mol. The van der Waals surface area contributed by atoms with Gasteiger partial charge in [-0.15, -0.1) is 0 Å². The van der Waals surface area contributed by atoms with Crippen LogP contribution in [0.2, 0.25) is 5.02 Å². The molecule has 9 heteroatoms. The maximum atomic E-state index is 12.0. The van der Waals surface area contributed by atoms with Crippen molar-refractivity contribution in [2.24, 2.45) is 0 Å². The van der Waals surface area contributed by atoms with Crippen molar-refractivity contribution in [3.63, 3.8) is 0 Å². The lowest BCUT2D eigenvalue weighted by Gasteiger charge is -2.08. The number of rotatable bonds is 9. The van der Waals surface area contributed by atoms with Crippen LogP contribution in [0.1, 0.15) is 19.3 Å². The first-order valence-corrected chi connectivity index (χ1v) is 9.06. The van der Waals surface area contributed by atoms with Crippen molar-refractivity contribution >= 4 is 33.4 Å². The minimum absolute atomic E-state index is 0.0143. The van der Waals surface area contributed by atoms with E-state index < -0.39 is 21.8 Å². The molecular formula is C14H19ClN2O5S. The molecule has 0 heterocycles. The molecule has 1 aromatic carbocycles. The highest BCUT2D eigenvalue weighted by molar-refractivity contribution is 7.91. The van der Waals surface area contributed by atoms with Gasteiger partial charge >= 0.3 is 12.0 Å². The van der Waals surface area contributed by atoms with Crippen molar-refractivity contribution in [2.45, 2.75) is 24.2 Å². The number of carboxylic acid groups (broad SMARTS) is 1. The van der Waals surface area contributed by atoms with Crippen molar-refractivity contribution in [1.29, 1.82) is 0 Å². The number of nitrogens with one attached hydrogen (secondary N) is 2. The Kier molecular flexibility index (Phi) is 7.84. The Balaban J connectivity index is 2.24. The summed E-state index contributed by atoms with van der Waals surface area (Å²) < 4.78 is 24.1. The summed E-state index contributed by atoms with van der Waals surface area (Å²) in [5.41, 5.74) is 0. The number of hydrogen-bond donors (Lipinski definition) is 3. The molecule has 0 unspecified atom stereocenters. The summed E-state index contributed by atoms with van der Waals surface area (Å²) in [5, 5.41) is 13.9. The van der Waals surface area contributed by atoms with E-state index in [1.165, 1.54) is 24.3 Å². The number of halogens is 1. The van der Waals surface area contributed by atoms with E-state index in [1.54, 1.807) is 0 Å². The van der Waals surface area contributed by atoms with E-state index in [0.29, 0.717) is 11.4 Å². The van der Waals surface area contributed by atoms with Crippen LogP contribution in [-0.4, -0.2) is 44.4 Å². The number of hydrogen-bond acceptors (Lipinski definition) is 4. The second-order valence-electron chi connectivity index (χ2n) is 4.81. The van der Waals surface area contributed by atoms with Crippen LogP contribution in [0.4, 0.5) is 4.79 Å². The highest BCUT2D eigenvalue weighted by Crippen LogP contribution is 2.15. The third-order valence-electron chi connectivity index (χ3n) is 2.90. The number of benzene rings is 1. The standard InChI is InChI=1S/C14H19ClN2O5S/c15-11-4-6-12(7-5-11)23(21,22)10-2-9-17-14(20)16-8-1-3-13(18)19/h4-7H,1-3,8-10H2,(H,18,19)(H2,16,17,20). The SMILES string of the molecule is O=C(O)CCCNC(=O)NCCCS(=O)(=O)c1ccc(Cl)cc1. The molecule has 0 fully saturated rings. The molecule has 3 N–H and O–H groups in total. The summed E-state index contributed by atoms with van der Waals surface area (Å²) in [6, 6.07) is 5.47. The summed E-state index contributed by atoms with van der Waals surface area (Å²) in [4.78, 5) is 21.9.